The van der Waals surface area contributed by atoms with Crippen LogP contribution in [0, 0.1) is 0 Å². The molecule has 0 bridgehead atoms. The number of H-pyrrole nitrogens is 1. The summed E-state index contributed by atoms with van der Waals surface area (Å²) >= 11 is 0. The molecule has 0 radical (unpaired) electrons. The zero-order chi connectivity index (χ0) is 19.5. The van der Waals surface area contributed by atoms with Crippen molar-refractivity contribution in [3.05, 3.63) is 105 Å². The van der Waals surface area contributed by atoms with E-state index in [2.05, 4.69) is 15.7 Å². The van der Waals surface area contributed by atoms with Crippen molar-refractivity contribution in [1.82, 2.24) is 14.5 Å². The van der Waals surface area contributed by atoms with Crippen molar-refractivity contribution in [2.75, 3.05) is 0 Å². The summed E-state index contributed by atoms with van der Waals surface area (Å²) in [7, 11) is 0. The van der Waals surface area contributed by atoms with Gasteiger partial charge in [0.15, 0.2) is 0 Å². The van der Waals surface area contributed by atoms with E-state index in [4.69, 9.17) is 0 Å². The highest BCUT2D eigenvalue weighted by molar-refractivity contribution is 5.87. The van der Waals surface area contributed by atoms with Crippen molar-refractivity contribution in [2.24, 2.45) is 0 Å². The first-order valence-corrected chi connectivity index (χ1v) is 8.55. The van der Waals surface area contributed by atoms with Gasteiger partial charge in [-0.25, -0.2) is 9.36 Å². The second kappa shape index (κ2) is 7.23. The summed E-state index contributed by atoms with van der Waals surface area (Å²) in [5, 5.41) is 11.4. The van der Waals surface area contributed by atoms with Crippen LogP contribution < -0.4 is 11.2 Å². The van der Waals surface area contributed by atoms with Gasteiger partial charge in [-0.15, -0.1) is 5.73 Å². The molecule has 0 amide bonds. The van der Waals surface area contributed by atoms with E-state index in [1.165, 1.54) is 6.08 Å². The van der Waals surface area contributed by atoms with Crippen LogP contribution in [0.2, 0.25) is 0 Å². The van der Waals surface area contributed by atoms with Gasteiger partial charge in [0.05, 0.1) is 11.2 Å². The smallest absolute Gasteiger partial charge is 0.335 e. The van der Waals surface area contributed by atoms with Gasteiger partial charge in [0.1, 0.15) is 5.56 Å². The minimum Gasteiger partial charge on any atom is -0.494 e. The van der Waals surface area contributed by atoms with Crippen LogP contribution in [0.15, 0.2) is 82.2 Å². The average Bonchev–Trinajstić information content (AvgIpc) is 2.71. The van der Waals surface area contributed by atoms with Crippen molar-refractivity contribution in [3.63, 3.8) is 0 Å². The van der Waals surface area contributed by atoms with Crippen LogP contribution in [0.25, 0.3) is 28.7 Å². The average molecular weight is 369 g/mol. The van der Waals surface area contributed by atoms with Gasteiger partial charge in [-0.2, -0.15) is 0 Å². The predicted molar refractivity (Wildman–Crippen MR) is 109 cm³/mol. The molecule has 28 heavy (non-hydrogen) atoms. The van der Waals surface area contributed by atoms with Crippen molar-refractivity contribution in [2.45, 2.75) is 0 Å². The Kier molecular flexibility index (Phi) is 4.46. The molecule has 2 N–H and O–H groups in total. The molecule has 4 aromatic rings. The molecular formula is C22H15N3O3. The fourth-order valence-corrected chi connectivity index (χ4v) is 2.94. The molecule has 4 rings (SSSR count). The molecule has 2 heterocycles. The molecule has 0 aliphatic carbocycles. The maximum Gasteiger partial charge on any atom is 0.335 e. The Morgan fingerprint density at radius 2 is 1.79 bits per heavy atom. The van der Waals surface area contributed by atoms with E-state index >= 15 is 0 Å². The number of aromatic amines is 1. The highest BCUT2D eigenvalue weighted by Crippen LogP contribution is 2.24. The molecule has 2 aromatic heterocycles. The molecule has 0 aliphatic heterocycles. The normalized spacial score (nSPS) is 10.4. The number of benzene rings is 2. The number of rotatable bonds is 3. The van der Waals surface area contributed by atoms with Crippen LogP contribution >= 0.6 is 0 Å². The largest absolute Gasteiger partial charge is 0.494 e. The van der Waals surface area contributed by atoms with Crippen molar-refractivity contribution in [1.29, 1.82) is 0 Å². The van der Waals surface area contributed by atoms with Crippen LogP contribution in [-0.2, 0) is 0 Å². The molecule has 0 atom stereocenters. The molecule has 0 saturated carbocycles. The van der Waals surface area contributed by atoms with Crippen LogP contribution in [0.5, 0.6) is 5.88 Å². The van der Waals surface area contributed by atoms with Crippen molar-refractivity contribution >= 4 is 23.1 Å². The van der Waals surface area contributed by atoms with E-state index in [0.717, 1.165) is 10.1 Å². The lowest BCUT2D eigenvalue weighted by atomic mass is 10.1. The summed E-state index contributed by atoms with van der Waals surface area (Å²) in [6, 6.07) is 18.2. The molecule has 0 unspecified atom stereocenters. The number of fused-ring (bicyclic) bond motifs is 1. The van der Waals surface area contributed by atoms with Gasteiger partial charge < -0.3 is 5.11 Å². The Bertz CT molecular complexity index is 1340. The van der Waals surface area contributed by atoms with Gasteiger partial charge in [0, 0.05) is 11.6 Å². The summed E-state index contributed by atoms with van der Waals surface area (Å²) in [6.07, 6.45) is 4.67. The lowest BCUT2D eigenvalue weighted by Crippen LogP contribution is -2.30. The van der Waals surface area contributed by atoms with E-state index in [0.29, 0.717) is 16.6 Å². The summed E-state index contributed by atoms with van der Waals surface area (Å²) in [4.78, 5) is 31.2. The third-order valence-electron chi connectivity index (χ3n) is 4.26. The zero-order valence-electron chi connectivity index (χ0n) is 14.7. The number of hydrogen-bond acceptors (Lipinski definition) is 4. The Balaban J connectivity index is 1.91. The number of nitrogens with one attached hydrogen (secondary N) is 1. The number of aromatic nitrogens is 3. The third-order valence-corrected chi connectivity index (χ3v) is 4.26. The number of aromatic hydroxyl groups is 1. The van der Waals surface area contributed by atoms with Gasteiger partial charge in [-0.05, 0) is 42.0 Å². The quantitative estimate of drug-likeness (QED) is 0.543. The topological polar surface area (TPSA) is 88.0 Å². The first-order chi connectivity index (χ1) is 13.6. The fraction of sp³-hybridized carbons (Fsp3) is 0. The van der Waals surface area contributed by atoms with Gasteiger partial charge in [0.2, 0.25) is 5.88 Å². The van der Waals surface area contributed by atoms with Crippen LogP contribution in [0.3, 0.4) is 0 Å². The molecule has 0 aliphatic rings. The highest BCUT2D eigenvalue weighted by atomic mass is 16.3. The molecule has 6 heteroatoms. The minimum absolute atomic E-state index is 0.0623. The van der Waals surface area contributed by atoms with E-state index in [1.54, 1.807) is 42.6 Å². The monoisotopic (exact) mass is 369 g/mol. The van der Waals surface area contributed by atoms with Crippen molar-refractivity contribution in [3.8, 4) is 11.6 Å². The Morgan fingerprint density at radius 1 is 0.964 bits per heavy atom. The van der Waals surface area contributed by atoms with Gasteiger partial charge in [-0.1, -0.05) is 36.4 Å². The summed E-state index contributed by atoms with van der Waals surface area (Å²) in [5.41, 5.74) is 3.37. The third kappa shape index (κ3) is 3.16. The molecular weight excluding hydrogens is 354 g/mol. The van der Waals surface area contributed by atoms with Crippen LogP contribution in [0.4, 0.5) is 0 Å². The first-order valence-electron chi connectivity index (χ1n) is 8.55. The second-order valence-electron chi connectivity index (χ2n) is 6.05. The Labute approximate surface area is 159 Å². The maximum absolute atomic E-state index is 12.4. The second-order valence-corrected chi connectivity index (χ2v) is 6.05. The van der Waals surface area contributed by atoms with Gasteiger partial charge >= 0.3 is 5.69 Å². The highest BCUT2D eigenvalue weighted by Gasteiger charge is 2.15. The Morgan fingerprint density at radius 3 is 2.61 bits per heavy atom. The predicted octanol–water partition coefficient (Wildman–Crippen LogP) is 3.11. The van der Waals surface area contributed by atoms with Gasteiger partial charge in [-0.3, -0.25) is 14.8 Å². The van der Waals surface area contributed by atoms with Gasteiger partial charge in [0.25, 0.3) is 5.56 Å². The number of nitrogens with zero attached hydrogens (tertiary/aromatic N) is 2. The molecule has 0 fully saturated rings. The SMILES string of the molecule is O=c1[nH]c(=O)n(-c2cccc3ncccc23)c(O)c1C=C=Cc1ccccc1. The Hall–Kier alpha value is -4.15. The molecule has 2 aromatic carbocycles. The zero-order valence-corrected chi connectivity index (χ0v) is 14.7. The standard InChI is InChI=1S/C22H15N3O3/c26-20-17(10-4-9-15-7-2-1-3-8-15)21(27)25(22(28)24-20)19-13-5-12-18-16(19)11-6-14-23-18/h1-3,5-14,27H,(H,24,26,28). The summed E-state index contributed by atoms with van der Waals surface area (Å²) in [5.74, 6) is -0.459. The molecule has 6 nitrogen and oxygen atoms in total. The van der Waals surface area contributed by atoms with E-state index < -0.39 is 17.1 Å². The lowest BCUT2D eigenvalue weighted by molar-refractivity contribution is 0.430. The minimum atomic E-state index is -0.733. The lowest BCUT2D eigenvalue weighted by Gasteiger charge is -2.11. The molecule has 0 spiro atoms. The maximum atomic E-state index is 12.4. The first kappa shape index (κ1) is 17.3. The molecule has 136 valence electrons. The summed E-state index contributed by atoms with van der Waals surface area (Å²) in [6.45, 7) is 0. The van der Waals surface area contributed by atoms with E-state index in [-0.39, 0.29) is 5.56 Å². The molecule has 0 saturated heterocycles. The summed E-state index contributed by atoms with van der Waals surface area (Å²) < 4.78 is 1.06. The van der Waals surface area contributed by atoms with Crippen LogP contribution in [-0.4, -0.2) is 19.6 Å². The van der Waals surface area contributed by atoms with Crippen molar-refractivity contribution < 1.29 is 5.11 Å². The van der Waals surface area contributed by atoms with Crippen LogP contribution in [0.1, 0.15) is 11.1 Å². The fourth-order valence-electron chi connectivity index (χ4n) is 2.94. The number of hydrogen-bond donors (Lipinski definition) is 2. The van der Waals surface area contributed by atoms with E-state index in [1.807, 2.05) is 30.3 Å². The number of pyridine rings is 1. The van der Waals surface area contributed by atoms with E-state index in [9.17, 15) is 14.7 Å².